The fraction of sp³-hybridized carbons (Fsp3) is 0.409. The highest BCUT2D eigenvalue weighted by Crippen LogP contribution is 2.32. The zero-order valence-electron chi connectivity index (χ0n) is 16.2. The Morgan fingerprint density at radius 2 is 1.78 bits per heavy atom. The summed E-state index contributed by atoms with van der Waals surface area (Å²) in [6.45, 7) is 8.00. The summed E-state index contributed by atoms with van der Waals surface area (Å²) >= 11 is 0. The van der Waals surface area contributed by atoms with Gasteiger partial charge in [0.15, 0.2) is 0 Å². The smallest absolute Gasteiger partial charge is 0.100 e. The van der Waals surface area contributed by atoms with Crippen LogP contribution >= 0.6 is 12.4 Å². The minimum absolute atomic E-state index is 0. The number of piperazine rings is 1. The Bertz CT molecular complexity index is 882. The van der Waals surface area contributed by atoms with Crippen LogP contribution < -0.4 is 5.32 Å². The molecule has 2 aromatic carbocycles. The van der Waals surface area contributed by atoms with Crippen molar-refractivity contribution in [2.24, 2.45) is 7.05 Å². The van der Waals surface area contributed by atoms with Crippen molar-refractivity contribution < 1.29 is 0 Å². The molecule has 1 saturated heterocycles. The van der Waals surface area contributed by atoms with Gasteiger partial charge in [-0.25, -0.2) is 0 Å². The maximum atomic E-state index is 4.86. The largest absolute Gasteiger partial charge is 0.314 e. The van der Waals surface area contributed by atoms with Gasteiger partial charge in [0.1, 0.15) is 5.69 Å². The average Bonchev–Trinajstić information content (AvgIpc) is 3.02. The summed E-state index contributed by atoms with van der Waals surface area (Å²) in [5.74, 6) is 0. The predicted octanol–water partition coefficient (Wildman–Crippen LogP) is 3.81. The summed E-state index contributed by atoms with van der Waals surface area (Å²) in [6.07, 6.45) is 2.31. The number of hydrogen-bond acceptors (Lipinski definition) is 3. The van der Waals surface area contributed by atoms with Crippen LogP contribution in [0.15, 0.2) is 42.5 Å². The van der Waals surface area contributed by atoms with Crippen LogP contribution in [-0.2, 0) is 13.5 Å². The average molecular weight is 385 g/mol. The zero-order valence-corrected chi connectivity index (χ0v) is 17.1. The molecule has 144 valence electrons. The summed E-state index contributed by atoms with van der Waals surface area (Å²) in [7, 11) is 2.05. The van der Waals surface area contributed by atoms with Gasteiger partial charge in [-0.1, -0.05) is 36.4 Å². The lowest BCUT2D eigenvalue weighted by Crippen LogP contribution is -2.43. The molecule has 4 nitrogen and oxygen atoms in total. The third-order valence-electron chi connectivity index (χ3n) is 5.52. The van der Waals surface area contributed by atoms with Crippen molar-refractivity contribution in [1.29, 1.82) is 0 Å². The van der Waals surface area contributed by atoms with Gasteiger partial charge in [0.05, 0.1) is 5.52 Å². The maximum absolute atomic E-state index is 4.86. The van der Waals surface area contributed by atoms with Gasteiger partial charge in [-0.2, -0.15) is 5.10 Å². The molecule has 1 aromatic heterocycles. The normalized spacial score (nSPS) is 15.0. The monoisotopic (exact) mass is 384 g/mol. The second kappa shape index (κ2) is 8.87. The molecule has 3 aromatic rings. The SMILES string of the molecule is Cc1ccc2c(c(-c3ccccc3)nn2C)c1CCCN1CCNCC1.Cl. The van der Waals surface area contributed by atoms with Crippen molar-refractivity contribution in [2.45, 2.75) is 19.8 Å². The fourth-order valence-electron chi connectivity index (χ4n) is 4.06. The zero-order chi connectivity index (χ0) is 17.9. The molecule has 27 heavy (non-hydrogen) atoms. The molecule has 0 bridgehead atoms. The molecule has 0 radical (unpaired) electrons. The van der Waals surface area contributed by atoms with E-state index in [2.05, 4.69) is 66.7 Å². The summed E-state index contributed by atoms with van der Waals surface area (Å²) < 4.78 is 2.02. The minimum atomic E-state index is 0. The van der Waals surface area contributed by atoms with E-state index in [1.807, 2.05) is 4.68 Å². The molecule has 1 aliphatic rings. The van der Waals surface area contributed by atoms with Gasteiger partial charge in [0.2, 0.25) is 0 Å². The molecular weight excluding hydrogens is 356 g/mol. The van der Waals surface area contributed by atoms with Gasteiger partial charge < -0.3 is 10.2 Å². The summed E-state index contributed by atoms with van der Waals surface area (Å²) in [5.41, 5.74) is 6.38. The van der Waals surface area contributed by atoms with Crippen LogP contribution in [0.4, 0.5) is 0 Å². The highest BCUT2D eigenvalue weighted by molar-refractivity contribution is 5.96. The molecule has 1 fully saturated rings. The number of hydrogen-bond donors (Lipinski definition) is 1. The number of fused-ring (bicyclic) bond motifs is 1. The fourth-order valence-corrected chi connectivity index (χ4v) is 4.06. The summed E-state index contributed by atoms with van der Waals surface area (Å²) in [6, 6.07) is 15.0. The quantitative estimate of drug-likeness (QED) is 0.726. The Hall–Kier alpha value is -1.88. The number of nitrogens with zero attached hydrogens (tertiary/aromatic N) is 3. The number of nitrogens with one attached hydrogen (secondary N) is 1. The van der Waals surface area contributed by atoms with E-state index in [1.165, 1.54) is 53.6 Å². The van der Waals surface area contributed by atoms with Gasteiger partial charge in [-0.15, -0.1) is 12.4 Å². The number of aryl methyl sites for hydroxylation is 3. The molecule has 0 amide bonds. The van der Waals surface area contributed by atoms with Crippen LogP contribution in [0.5, 0.6) is 0 Å². The van der Waals surface area contributed by atoms with E-state index in [-0.39, 0.29) is 12.4 Å². The lowest BCUT2D eigenvalue weighted by Gasteiger charge is -2.27. The minimum Gasteiger partial charge on any atom is -0.314 e. The van der Waals surface area contributed by atoms with Gasteiger partial charge >= 0.3 is 0 Å². The Balaban J connectivity index is 0.00000210. The molecule has 0 saturated carbocycles. The summed E-state index contributed by atoms with van der Waals surface area (Å²) in [4.78, 5) is 2.58. The van der Waals surface area contributed by atoms with Crippen molar-refractivity contribution in [3.63, 3.8) is 0 Å². The highest BCUT2D eigenvalue weighted by atomic mass is 35.5. The maximum Gasteiger partial charge on any atom is 0.100 e. The van der Waals surface area contributed by atoms with Crippen LogP contribution in [-0.4, -0.2) is 47.4 Å². The number of benzene rings is 2. The van der Waals surface area contributed by atoms with Crippen LogP contribution in [0.2, 0.25) is 0 Å². The lowest BCUT2D eigenvalue weighted by atomic mass is 9.96. The van der Waals surface area contributed by atoms with Gasteiger partial charge in [0, 0.05) is 44.2 Å². The van der Waals surface area contributed by atoms with E-state index in [1.54, 1.807) is 0 Å². The van der Waals surface area contributed by atoms with E-state index >= 15 is 0 Å². The van der Waals surface area contributed by atoms with Gasteiger partial charge in [0.25, 0.3) is 0 Å². The lowest BCUT2D eigenvalue weighted by molar-refractivity contribution is 0.238. The number of aromatic nitrogens is 2. The van der Waals surface area contributed by atoms with Crippen molar-refractivity contribution >= 4 is 23.3 Å². The van der Waals surface area contributed by atoms with E-state index in [0.717, 1.165) is 25.2 Å². The Labute approximate surface area is 168 Å². The van der Waals surface area contributed by atoms with Crippen LogP contribution in [0.25, 0.3) is 22.2 Å². The first kappa shape index (κ1) is 19.9. The topological polar surface area (TPSA) is 33.1 Å². The highest BCUT2D eigenvalue weighted by Gasteiger charge is 2.16. The molecule has 1 aliphatic heterocycles. The predicted molar refractivity (Wildman–Crippen MR) is 116 cm³/mol. The van der Waals surface area contributed by atoms with E-state index in [9.17, 15) is 0 Å². The van der Waals surface area contributed by atoms with Gasteiger partial charge in [-0.05, 0) is 43.5 Å². The Morgan fingerprint density at radius 1 is 1.04 bits per heavy atom. The first-order valence-corrected chi connectivity index (χ1v) is 9.68. The van der Waals surface area contributed by atoms with Crippen molar-refractivity contribution in [2.75, 3.05) is 32.7 Å². The molecule has 0 aliphatic carbocycles. The van der Waals surface area contributed by atoms with Crippen LogP contribution in [0.3, 0.4) is 0 Å². The first-order valence-electron chi connectivity index (χ1n) is 9.68. The molecule has 2 heterocycles. The third-order valence-corrected chi connectivity index (χ3v) is 5.52. The standard InChI is InChI=1S/C22H28N4.ClH/c1-17-10-11-20-21(19(17)9-6-14-26-15-12-23-13-16-26)22(24-25(20)2)18-7-4-3-5-8-18;/h3-5,7-8,10-11,23H,6,9,12-16H2,1-2H3;1H. The molecule has 5 heteroatoms. The summed E-state index contributed by atoms with van der Waals surface area (Å²) in [5, 5.41) is 9.62. The van der Waals surface area contributed by atoms with Crippen molar-refractivity contribution in [1.82, 2.24) is 20.0 Å². The van der Waals surface area contributed by atoms with Crippen molar-refractivity contribution in [3.8, 4) is 11.3 Å². The molecule has 0 atom stereocenters. The molecule has 1 N–H and O–H groups in total. The molecule has 0 unspecified atom stereocenters. The van der Waals surface area contributed by atoms with Crippen LogP contribution in [0.1, 0.15) is 17.5 Å². The Kier molecular flexibility index (Phi) is 6.53. The van der Waals surface area contributed by atoms with E-state index in [0.29, 0.717) is 0 Å². The number of rotatable bonds is 5. The van der Waals surface area contributed by atoms with Crippen LogP contribution in [0, 0.1) is 6.92 Å². The molecular formula is C22H29ClN4. The van der Waals surface area contributed by atoms with E-state index < -0.39 is 0 Å². The van der Waals surface area contributed by atoms with E-state index in [4.69, 9.17) is 5.10 Å². The Morgan fingerprint density at radius 3 is 2.52 bits per heavy atom. The second-order valence-electron chi connectivity index (χ2n) is 7.29. The molecule has 4 rings (SSSR count). The van der Waals surface area contributed by atoms with Crippen molar-refractivity contribution in [3.05, 3.63) is 53.6 Å². The molecule has 0 spiro atoms. The number of halogens is 1. The van der Waals surface area contributed by atoms with Gasteiger partial charge in [-0.3, -0.25) is 4.68 Å². The first-order chi connectivity index (χ1) is 12.7. The second-order valence-corrected chi connectivity index (χ2v) is 7.29. The third kappa shape index (κ3) is 4.18.